The smallest absolute Gasteiger partial charge is 0.191 e. The number of halogens is 1. The molecule has 2 rings (SSSR count). The highest BCUT2D eigenvalue weighted by atomic mass is 127. The minimum atomic E-state index is 0. The Bertz CT molecular complexity index is 621. The van der Waals surface area contributed by atoms with Crippen molar-refractivity contribution in [2.75, 3.05) is 6.54 Å². The van der Waals surface area contributed by atoms with Crippen LogP contribution in [0.15, 0.2) is 21.7 Å². The van der Waals surface area contributed by atoms with Gasteiger partial charge in [0.15, 0.2) is 5.96 Å². The van der Waals surface area contributed by atoms with Crippen LogP contribution in [0.5, 0.6) is 0 Å². The number of rotatable bonds is 5. The zero-order valence-corrected chi connectivity index (χ0v) is 16.5. The molecule has 0 atom stereocenters. The lowest BCUT2D eigenvalue weighted by Gasteiger charge is -2.09. The summed E-state index contributed by atoms with van der Waals surface area (Å²) in [4.78, 5) is 10.2. The van der Waals surface area contributed by atoms with Crippen LogP contribution in [0.4, 0.5) is 0 Å². The molecule has 0 aliphatic rings. The van der Waals surface area contributed by atoms with Gasteiger partial charge in [0.1, 0.15) is 16.5 Å². The summed E-state index contributed by atoms with van der Waals surface area (Å²) in [5.74, 6) is 2.65. The molecule has 22 heavy (non-hydrogen) atoms. The molecule has 0 saturated heterocycles. The Morgan fingerprint density at radius 2 is 2.09 bits per heavy atom. The average Bonchev–Trinajstić information content (AvgIpc) is 2.99. The van der Waals surface area contributed by atoms with Gasteiger partial charge in [-0.05, 0) is 33.8 Å². The van der Waals surface area contributed by atoms with Crippen LogP contribution >= 0.6 is 35.3 Å². The molecule has 2 aromatic rings. The lowest BCUT2D eigenvalue weighted by atomic mass is 10.2. The van der Waals surface area contributed by atoms with Crippen molar-refractivity contribution in [3.05, 3.63) is 39.2 Å². The second-order valence-electron chi connectivity index (χ2n) is 4.85. The van der Waals surface area contributed by atoms with Crippen LogP contribution < -0.4 is 10.6 Å². The zero-order chi connectivity index (χ0) is 15.2. The lowest BCUT2D eigenvalue weighted by Crippen LogP contribution is -2.36. The van der Waals surface area contributed by atoms with Gasteiger partial charge in [-0.25, -0.2) is 9.98 Å². The number of nitrogens with one attached hydrogen (secondary N) is 2. The van der Waals surface area contributed by atoms with Gasteiger partial charge in [0.05, 0.1) is 13.1 Å². The summed E-state index contributed by atoms with van der Waals surface area (Å²) in [5.41, 5.74) is 1.12. The molecule has 0 bridgehead atoms. The van der Waals surface area contributed by atoms with Crippen LogP contribution in [0, 0.1) is 20.8 Å². The molecular weight excluding hydrogens is 411 g/mol. The monoisotopic (exact) mass is 434 g/mol. The molecule has 0 amide bonds. The van der Waals surface area contributed by atoms with Gasteiger partial charge in [-0.1, -0.05) is 0 Å². The van der Waals surface area contributed by atoms with E-state index in [-0.39, 0.29) is 24.0 Å². The van der Waals surface area contributed by atoms with E-state index in [9.17, 15) is 0 Å². The van der Waals surface area contributed by atoms with Crippen LogP contribution in [0.2, 0.25) is 0 Å². The Balaban J connectivity index is 0.00000242. The fourth-order valence-corrected chi connectivity index (χ4v) is 2.72. The number of furan rings is 1. The molecule has 2 aromatic heterocycles. The SMILES string of the molecule is CCNC(=NCc1cc(C)oc1C)NCc1ncc(C)s1.I. The third-order valence-corrected chi connectivity index (χ3v) is 3.88. The molecule has 0 saturated carbocycles. The summed E-state index contributed by atoms with van der Waals surface area (Å²) in [6.45, 7) is 10.2. The Morgan fingerprint density at radius 1 is 1.32 bits per heavy atom. The van der Waals surface area contributed by atoms with E-state index in [0.717, 1.165) is 34.6 Å². The number of nitrogens with zero attached hydrogens (tertiary/aromatic N) is 2. The number of aliphatic imine (C=N–C) groups is 1. The first-order chi connectivity index (χ1) is 10.1. The van der Waals surface area contributed by atoms with Gasteiger partial charge in [-0.3, -0.25) is 0 Å². The van der Waals surface area contributed by atoms with E-state index in [4.69, 9.17) is 4.42 Å². The van der Waals surface area contributed by atoms with Crippen LogP contribution in [-0.2, 0) is 13.1 Å². The first kappa shape index (κ1) is 19.0. The van der Waals surface area contributed by atoms with Crippen molar-refractivity contribution in [3.63, 3.8) is 0 Å². The Hall–Kier alpha value is -1.09. The zero-order valence-electron chi connectivity index (χ0n) is 13.4. The van der Waals surface area contributed by atoms with E-state index in [2.05, 4.69) is 34.5 Å². The van der Waals surface area contributed by atoms with Crippen molar-refractivity contribution in [3.8, 4) is 0 Å². The summed E-state index contributed by atoms with van der Waals surface area (Å²) >= 11 is 1.70. The fraction of sp³-hybridized carbons (Fsp3) is 0.467. The fourth-order valence-electron chi connectivity index (χ4n) is 1.99. The first-order valence-corrected chi connectivity index (χ1v) is 7.89. The molecule has 122 valence electrons. The van der Waals surface area contributed by atoms with E-state index in [1.807, 2.05) is 26.1 Å². The van der Waals surface area contributed by atoms with Gasteiger partial charge in [-0.15, -0.1) is 35.3 Å². The normalized spacial score (nSPS) is 11.2. The minimum absolute atomic E-state index is 0. The van der Waals surface area contributed by atoms with Crippen LogP contribution in [0.3, 0.4) is 0 Å². The number of aromatic nitrogens is 1. The van der Waals surface area contributed by atoms with E-state index in [0.29, 0.717) is 13.1 Å². The first-order valence-electron chi connectivity index (χ1n) is 7.08. The molecule has 5 nitrogen and oxygen atoms in total. The summed E-state index contributed by atoms with van der Waals surface area (Å²) in [6, 6.07) is 2.03. The molecule has 2 heterocycles. The van der Waals surface area contributed by atoms with Crippen LogP contribution in [0.25, 0.3) is 0 Å². The van der Waals surface area contributed by atoms with Crippen molar-refractivity contribution in [1.82, 2.24) is 15.6 Å². The largest absolute Gasteiger partial charge is 0.466 e. The summed E-state index contributed by atoms with van der Waals surface area (Å²) < 4.78 is 5.52. The maximum Gasteiger partial charge on any atom is 0.191 e. The molecule has 0 aliphatic heterocycles. The predicted molar refractivity (Wildman–Crippen MR) is 102 cm³/mol. The van der Waals surface area contributed by atoms with Gasteiger partial charge in [-0.2, -0.15) is 0 Å². The van der Waals surface area contributed by atoms with E-state index < -0.39 is 0 Å². The molecule has 0 fully saturated rings. The number of guanidine groups is 1. The van der Waals surface area contributed by atoms with Gasteiger partial charge in [0.2, 0.25) is 0 Å². The van der Waals surface area contributed by atoms with Gasteiger partial charge >= 0.3 is 0 Å². The third kappa shape index (κ3) is 5.60. The predicted octanol–water partition coefficient (Wildman–Crippen LogP) is 3.53. The number of hydrogen-bond donors (Lipinski definition) is 2. The van der Waals surface area contributed by atoms with Crippen molar-refractivity contribution in [2.45, 2.75) is 40.8 Å². The number of aryl methyl sites for hydroxylation is 3. The highest BCUT2D eigenvalue weighted by Crippen LogP contribution is 2.14. The second kappa shape index (κ2) is 9.14. The molecular formula is C15H23IN4OS. The topological polar surface area (TPSA) is 62.5 Å². The molecule has 0 spiro atoms. The Morgan fingerprint density at radius 3 is 2.64 bits per heavy atom. The van der Waals surface area contributed by atoms with Crippen molar-refractivity contribution in [1.29, 1.82) is 0 Å². The third-order valence-electron chi connectivity index (χ3n) is 2.97. The van der Waals surface area contributed by atoms with Crippen molar-refractivity contribution < 1.29 is 4.42 Å². The van der Waals surface area contributed by atoms with Crippen molar-refractivity contribution >= 4 is 41.3 Å². The van der Waals surface area contributed by atoms with Crippen LogP contribution in [-0.4, -0.2) is 17.5 Å². The molecule has 0 aromatic carbocycles. The summed E-state index contributed by atoms with van der Waals surface area (Å²) in [6.07, 6.45) is 1.89. The maximum absolute atomic E-state index is 5.52. The Labute approximate surface area is 152 Å². The second-order valence-corrected chi connectivity index (χ2v) is 6.17. The van der Waals surface area contributed by atoms with Gasteiger partial charge in [0.25, 0.3) is 0 Å². The highest BCUT2D eigenvalue weighted by Gasteiger charge is 2.05. The van der Waals surface area contributed by atoms with E-state index in [1.165, 1.54) is 4.88 Å². The van der Waals surface area contributed by atoms with E-state index >= 15 is 0 Å². The minimum Gasteiger partial charge on any atom is -0.466 e. The Kier molecular flexibility index (Phi) is 7.88. The van der Waals surface area contributed by atoms with Crippen molar-refractivity contribution in [2.24, 2.45) is 4.99 Å². The molecule has 0 unspecified atom stereocenters. The van der Waals surface area contributed by atoms with E-state index in [1.54, 1.807) is 11.3 Å². The summed E-state index contributed by atoms with van der Waals surface area (Å²) in [7, 11) is 0. The van der Waals surface area contributed by atoms with Crippen LogP contribution in [0.1, 0.15) is 33.9 Å². The van der Waals surface area contributed by atoms with Gasteiger partial charge in [0, 0.05) is 23.2 Å². The standard InChI is InChI=1S/C15H22N4OS.HI/c1-5-16-15(19-9-14-17-7-11(3)21-14)18-8-13-6-10(2)20-12(13)4;/h6-7H,5,8-9H2,1-4H3,(H2,16,18,19);1H. The molecule has 2 N–H and O–H groups in total. The molecule has 7 heteroatoms. The average molecular weight is 434 g/mol. The number of thiazole rings is 1. The maximum atomic E-state index is 5.52. The number of hydrogen-bond acceptors (Lipinski definition) is 4. The highest BCUT2D eigenvalue weighted by molar-refractivity contribution is 14.0. The summed E-state index contributed by atoms with van der Waals surface area (Å²) in [5, 5.41) is 7.61. The lowest BCUT2D eigenvalue weighted by molar-refractivity contribution is 0.501. The van der Waals surface area contributed by atoms with Gasteiger partial charge < -0.3 is 15.1 Å². The quantitative estimate of drug-likeness (QED) is 0.430. The molecule has 0 radical (unpaired) electrons. The molecule has 0 aliphatic carbocycles.